The molecular weight excluding hydrogens is 414 g/mol. The number of hydrogen-bond donors (Lipinski definition) is 1. The average molecular weight is 435 g/mol. The highest BCUT2D eigenvalue weighted by molar-refractivity contribution is 6.30. The number of carbonyl (C=O) groups excluding carboxylic acids is 2. The van der Waals surface area contributed by atoms with Gasteiger partial charge in [0.05, 0.1) is 18.5 Å². The van der Waals surface area contributed by atoms with Gasteiger partial charge in [0.25, 0.3) is 11.8 Å². The molecule has 1 heterocycles. The van der Waals surface area contributed by atoms with Gasteiger partial charge in [0.15, 0.2) is 6.61 Å². The molecule has 2 aromatic carbocycles. The monoisotopic (exact) mass is 434 g/mol. The van der Waals surface area contributed by atoms with E-state index in [1.165, 1.54) is 4.57 Å². The van der Waals surface area contributed by atoms with Crippen molar-refractivity contribution in [2.24, 2.45) is 5.73 Å². The summed E-state index contributed by atoms with van der Waals surface area (Å²) in [5.74, 6) is -4.38. The molecule has 0 saturated heterocycles. The van der Waals surface area contributed by atoms with E-state index >= 15 is 0 Å². The predicted molar refractivity (Wildman–Crippen MR) is 111 cm³/mol. The molecule has 2 N–H and O–H groups in total. The van der Waals surface area contributed by atoms with E-state index in [-0.39, 0.29) is 12.3 Å². The van der Waals surface area contributed by atoms with Crippen molar-refractivity contribution in [2.75, 3.05) is 13.2 Å². The first-order valence-corrected chi connectivity index (χ1v) is 9.65. The molecule has 0 atom stereocenters. The van der Waals surface area contributed by atoms with E-state index in [9.17, 15) is 18.4 Å². The van der Waals surface area contributed by atoms with Gasteiger partial charge >= 0.3 is 5.97 Å². The molecule has 0 radical (unpaired) electrons. The number of fused-ring (bicyclic) bond motifs is 1. The van der Waals surface area contributed by atoms with E-state index in [0.29, 0.717) is 32.7 Å². The predicted octanol–water partition coefficient (Wildman–Crippen LogP) is 4.28. The van der Waals surface area contributed by atoms with Crippen molar-refractivity contribution < 1.29 is 23.1 Å². The Bertz CT molecular complexity index is 1110. The Hall–Kier alpha value is -2.77. The molecule has 8 heteroatoms. The zero-order valence-corrected chi connectivity index (χ0v) is 17.3. The molecule has 0 saturated carbocycles. The van der Waals surface area contributed by atoms with Crippen LogP contribution in [0.15, 0.2) is 42.5 Å². The van der Waals surface area contributed by atoms with Gasteiger partial charge in [-0.05, 0) is 55.8 Å². The first-order valence-electron chi connectivity index (χ1n) is 9.27. The van der Waals surface area contributed by atoms with Crippen LogP contribution in [-0.2, 0) is 16.0 Å². The molecule has 1 aromatic heterocycles. The van der Waals surface area contributed by atoms with Crippen LogP contribution in [0, 0.1) is 13.8 Å². The van der Waals surface area contributed by atoms with Crippen LogP contribution >= 0.6 is 11.6 Å². The Labute approximate surface area is 177 Å². The number of esters is 1. The number of aromatic nitrogens is 1. The second-order valence-corrected chi connectivity index (χ2v) is 7.57. The molecule has 0 bridgehead atoms. The van der Waals surface area contributed by atoms with Crippen molar-refractivity contribution >= 4 is 34.4 Å². The maximum absolute atomic E-state index is 13.3. The van der Waals surface area contributed by atoms with Gasteiger partial charge in [-0.15, -0.1) is 0 Å². The second kappa shape index (κ2) is 8.53. The molecule has 0 aliphatic heterocycles. The fraction of sp³-hybridized carbons (Fsp3) is 0.273. The smallest absolute Gasteiger partial charge is 0.310 e. The first-order chi connectivity index (χ1) is 14.1. The Morgan fingerprint density at radius 1 is 1.13 bits per heavy atom. The van der Waals surface area contributed by atoms with E-state index in [1.807, 2.05) is 19.1 Å². The van der Waals surface area contributed by atoms with E-state index in [0.717, 1.165) is 5.56 Å². The normalized spacial score (nSPS) is 11.7. The second-order valence-electron chi connectivity index (χ2n) is 7.13. The summed E-state index contributed by atoms with van der Waals surface area (Å²) >= 11 is 5.91. The highest BCUT2D eigenvalue weighted by Gasteiger charge is 2.29. The molecule has 0 fully saturated rings. The number of nitrogens with two attached hydrogens (primary N) is 1. The molecule has 0 amide bonds. The Morgan fingerprint density at radius 2 is 1.80 bits per heavy atom. The summed E-state index contributed by atoms with van der Waals surface area (Å²) in [6, 6.07) is 12.0. The first kappa shape index (κ1) is 21.9. The Balaban J connectivity index is 2.00. The van der Waals surface area contributed by atoms with Gasteiger partial charge in [0, 0.05) is 21.7 Å². The zero-order chi connectivity index (χ0) is 22.1. The summed E-state index contributed by atoms with van der Waals surface area (Å²) < 4.78 is 32.8. The van der Waals surface area contributed by atoms with Crippen molar-refractivity contribution in [1.82, 2.24) is 4.57 Å². The number of halogens is 3. The Morgan fingerprint density at radius 3 is 2.43 bits per heavy atom. The number of rotatable bonds is 6. The molecule has 0 aliphatic carbocycles. The third kappa shape index (κ3) is 4.52. The molecule has 0 aliphatic rings. The van der Waals surface area contributed by atoms with E-state index < -0.39 is 25.0 Å². The third-order valence-electron chi connectivity index (χ3n) is 4.85. The number of alkyl halides is 2. The van der Waals surface area contributed by atoms with Crippen molar-refractivity contribution in [3.05, 3.63) is 69.9 Å². The fourth-order valence-corrected chi connectivity index (χ4v) is 3.37. The lowest BCUT2D eigenvalue weighted by atomic mass is 10.1. The van der Waals surface area contributed by atoms with Crippen LogP contribution in [0.25, 0.3) is 10.9 Å². The van der Waals surface area contributed by atoms with Crippen LogP contribution in [0.5, 0.6) is 0 Å². The number of carbonyl (C=O) groups is 2. The van der Waals surface area contributed by atoms with Crippen LogP contribution in [0.1, 0.15) is 27.2 Å². The van der Waals surface area contributed by atoms with Crippen molar-refractivity contribution in [3.8, 4) is 0 Å². The maximum atomic E-state index is 13.3. The van der Waals surface area contributed by atoms with Gasteiger partial charge in [0.2, 0.25) is 0 Å². The van der Waals surface area contributed by atoms with Gasteiger partial charge in [-0.25, -0.2) is 8.78 Å². The Kier molecular flexibility index (Phi) is 6.24. The van der Waals surface area contributed by atoms with E-state index in [2.05, 4.69) is 0 Å². The maximum Gasteiger partial charge on any atom is 0.310 e. The molecule has 3 aromatic rings. The summed E-state index contributed by atoms with van der Waals surface area (Å²) in [7, 11) is 0. The molecule has 158 valence electrons. The summed E-state index contributed by atoms with van der Waals surface area (Å²) in [5.41, 5.74) is 8.04. The zero-order valence-electron chi connectivity index (χ0n) is 16.5. The lowest BCUT2D eigenvalue weighted by Crippen LogP contribution is -2.34. The number of ether oxygens (including phenoxy) is 1. The van der Waals surface area contributed by atoms with Crippen molar-refractivity contribution in [2.45, 2.75) is 26.2 Å². The van der Waals surface area contributed by atoms with Gasteiger partial charge in [-0.1, -0.05) is 23.2 Å². The lowest BCUT2D eigenvalue weighted by molar-refractivity contribution is -0.153. The molecule has 5 nitrogen and oxygen atoms in total. The largest absolute Gasteiger partial charge is 0.459 e. The number of aryl methyl sites for hydroxylation is 1. The van der Waals surface area contributed by atoms with Crippen LogP contribution in [0.3, 0.4) is 0 Å². The van der Waals surface area contributed by atoms with Crippen molar-refractivity contribution in [1.29, 1.82) is 0 Å². The molecule has 30 heavy (non-hydrogen) atoms. The lowest BCUT2D eigenvalue weighted by Gasteiger charge is -2.14. The third-order valence-corrected chi connectivity index (χ3v) is 5.10. The SMILES string of the molecule is Cc1ccc2c(c1)c(CC(=O)OCC(F)(F)CN)c(C)n2C(=O)c1ccc(Cl)cc1. The molecular formula is C22H21ClF2N2O3. The minimum atomic E-state index is -3.28. The quantitative estimate of drug-likeness (QED) is 0.587. The number of hydrogen-bond acceptors (Lipinski definition) is 4. The highest BCUT2D eigenvalue weighted by atomic mass is 35.5. The summed E-state index contributed by atoms with van der Waals surface area (Å²) in [5, 5.41) is 1.20. The van der Waals surface area contributed by atoms with Crippen LogP contribution in [0.4, 0.5) is 8.78 Å². The van der Waals surface area contributed by atoms with Crippen molar-refractivity contribution in [3.63, 3.8) is 0 Å². The van der Waals surface area contributed by atoms with Crippen LogP contribution in [0.2, 0.25) is 5.02 Å². The molecule has 3 rings (SSSR count). The fourth-order valence-electron chi connectivity index (χ4n) is 3.24. The van der Waals surface area contributed by atoms with Crippen LogP contribution < -0.4 is 5.73 Å². The minimum absolute atomic E-state index is 0.243. The van der Waals surface area contributed by atoms with Gasteiger partial charge in [-0.3, -0.25) is 14.2 Å². The number of nitrogens with zero attached hydrogens (tertiary/aromatic N) is 1. The summed E-state index contributed by atoms with van der Waals surface area (Å²) in [4.78, 5) is 25.4. The van der Waals surface area contributed by atoms with Gasteiger partial charge in [0.1, 0.15) is 0 Å². The van der Waals surface area contributed by atoms with Crippen LogP contribution in [-0.4, -0.2) is 35.5 Å². The standard InChI is InChI=1S/C22H21ClF2N2O3/c1-13-3-8-19-18(9-13)17(10-20(28)30-12-22(24,25)11-26)14(2)27(19)21(29)15-4-6-16(23)7-5-15/h3-9H,10-12,26H2,1-2H3. The summed E-state index contributed by atoms with van der Waals surface area (Å²) in [6.07, 6.45) is -0.243. The minimum Gasteiger partial charge on any atom is -0.459 e. The number of benzene rings is 2. The summed E-state index contributed by atoms with van der Waals surface area (Å²) in [6.45, 7) is 1.60. The topological polar surface area (TPSA) is 74.3 Å². The average Bonchev–Trinajstić information content (AvgIpc) is 2.97. The van der Waals surface area contributed by atoms with Gasteiger partial charge in [-0.2, -0.15) is 0 Å². The van der Waals surface area contributed by atoms with E-state index in [4.69, 9.17) is 22.1 Å². The van der Waals surface area contributed by atoms with E-state index in [1.54, 1.807) is 37.3 Å². The molecule has 0 unspecified atom stereocenters. The highest BCUT2D eigenvalue weighted by Crippen LogP contribution is 2.29. The van der Waals surface area contributed by atoms with Gasteiger partial charge < -0.3 is 10.5 Å². The molecule has 0 spiro atoms.